The summed E-state index contributed by atoms with van der Waals surface area (Å²) in [5.74, 6) is -14.7. The molecule has 0 heterocycles. The molecular weight excluding hydrogens is 729 g/mol. The second kappa shape index (κ2) is 12.6. The summed E-state index contributed by atoms with van der Waals surface area (Å²) < 4.78 is 79.2. The van der Waals surface area contributed by atoms with Crippen LogP contribution in [-0.2, 0) is 9.59 Å². The maximum atomic E-state index is 14.9. The van der Waals surface area contributed by atoms with Crippen LogP contribution in [0.3, 0.4) is 0 Å². The van der Waals surface area contributed by atoms with Crippen molar-refractivity contribution in [2.24, 2.45) is 5.92 Å². The highest BCUT2D eigenvalue weighted by atomic mass is 35.5. The average molecular weight is 742 g/mol. The van der Waals surface area contributed by atoms with Gasteiger partial charge in [0, 0.05) is 11.6 Å². The average Bonchev–Trinajstić information content (AvgIpc) is 3.53. The molecular formula is C26H13Cl6F6N3O3. The normalized spacial score (nSPS) is 17.3. The summed E-state index contributed by atoms with van der Waals surface area (Å²) in [4.78, 5) is 37.5. The van der Waals surface area contributed by atoms with Crippen LogP contribution in [0.4, 0.5) is 43.4 Å². The number of anilines is 3. The van der Waals surface area contributed by atoms with E-state index < -0.39 is 74.8 Å². The van der Waals surface area contributed by atoms with Crippen molar-refractivity contribution < 1.29 is 40.7 Å². The highest BCUT2D eigenvalue weighted by molar-refractivity contribution is 6.54. The van der Waals surface area contributed by atoms with Crippen molar-refractivity contribution in [3.8, 4) is 0 Å². The Bertz CT molecular complexity index is 1670. The Labute approximate surface area is 273 Å². The first kappa shape index (κ1) is 34.3. The highest BCUT2D eigenvalue weighted by Gasteiger charge is 2.67. The zero-order valence-corrected chi connectivity index (χ0v) is 25.6. The van der Waals surface area contributed by atoms with Gasteiger partial charge in [-0.25, -0.2) is 17.6 Å². The van der Waals surface area contributed by atoms with E-state index in [-0.39, 0.29) is 25.8 Å². The monoisotopic (exact) mass is 739 g/mol. The lowest BCUT2D eigenvalue weighted by Crippen LogP contribution is -2.41. The van der Waals surface area contributed by atoms with Crippen LogP contribution in [0.25, 0.3) is 0 Å². The molecule has 3 N–H and O–H groups in total. The zero-order chi connectivity index (χ0) is 32.9. The predicted octanol–water partition coefficient (Wildman–Crippen LogP) is 9.20. The Morgan fingerprint density at radius 1 is 0.841 bits per heavy atom. The molecule has 0 bridgehead atoms. The molecule has 3 aromatic carbocycles. The van der Waals surface area contributed by atoms with Crippen LogP contribution in [0, 0.1) is 17.6 Å². The number of halogens is 12. The number of amides is 3. The molecule has 4 rings (SSSR count). The summed E-state index contributed by atoms with van der Waals surface area (Å²) in [6.07, 6.45) is -4.41. The molecule has 3 amide bonds. The number of carbonyl (C=O) groups is 3. The molecule has 1 aliphatic carbocycles. The minimum Gasteiger partial charge on any atom is -0.326 e. The van der Waals surface area contributed by atoms with Gasteiger partial charge in [0.05, 0.1) is 37.3 Å². The molecule has 1 saturated carbocycles. The van der Waals surface area contributed by atoms with Crippen molar-refractivity contribution in [1.29, 1.82) is 0 Å². The van der Waals surface area contributed by atoms with Crippen molar-refractivity contribution in [3.63, 3.8) is 0 Å². The largest absolute Gasteiger partial charge is 0.383 e. The van der Waals surface area contributed by atoms with Crippen molar-refractivity contribution in [3.05, 3.63) is 85.3 Å². The van der Waals surface area contributed by atoms with Gasteiger partial charge in [0.25, 0.3) is 5.91 Å². The summed E-state index contributed by atoms with van der Waals surface area (Å²) in [7, 11) is 0. The van der Waals surface area contributed by atoms with Crippen molar-refractivity contribution in [2.75, 3.05) is 16.0 Å². The second-order valence-corrected chi connectivity index (χ2v) is 12.3. The van der Waals surface area contributed by atoms with E-state index in [1.54, 1.807) is 0 Å². The highest BCUT2D eigenvalue weighted by Crippen LogP contribution is 2.65. The Morgan fingerprint density at radius 2 is 1.45 bits per heavy atom. The number of carbonyl (C=O) groups excluding carboxylic acids is 3. The first-order chi connectivity index (χ1) is 20.4. The van der Waals surface area contributed by atoms with Gasteiger partial charge in [0.1, 0.15) is 15.8 Å². The lowest BCUT2D eigenvalue weighted by atomic mass is 10.1. The maximum Gasteiger partial charge on any atom is 0.383 e. The summed E-state index contributed by atoms with van der Waals surface area (Å²) in [6.45, 7) is 0. The summed E-state index contributed by atoms with van der Waals surface area (Å²) in [5.41, 5.74) is -2.39. The Balaban J connectivity index is 1.53. The Morgan fingerprint density at radius 3 is 2.05 bits per heavy atom. The van der Waals surface area contributed by atoms with Crippen LogP contribution in [0.5, 0.6) is 0 Å². The smallest absolute Gasteiger partial charge is 0.326 e. The van der Waals surface area contributed by atoms with Crippen LogP contribution in [0.1, 0.15) is 21.8 Å². The van der Waals surface area contributed by atoms with Crippen LogP contribution >= 0.6 is 69.6 Å². The summed E-state index contributed by atoms with van der Waals surface area (Å²) in [6, 6.07) is 7.34. The molecule has 0 spiro atoms. The predicted molar refractivity (Wildman–Crippen MR) is 156 cm³/mol. The van der Waals surface area contributed by atoms with E-state index in [1.807, 2.05) is 5.32 Å². The zero-order valence-electron chi connectivity index (χ0n) is 21.0. The van der Waals surface area contributed by atoms with Crippen LogP contribution in [0.2, 0.25) is 20.1 Å². The minimum atomic E-state index is -5.19. The SMILES string of the molecule is O=C(Nc1c(F)ccc(NC(=O)C(F)(F)C(F)F)c1F)c1cc(NC(=O)C2[C@H](c3cc(Cl)c(Cl)c(Cl)c3)C2(Cl)Cl)ccc1Cl. The van der Waals surface area contributed by atoms with Crippen molar-refractivity contribution >= 4 is 104 Å². The Hall–Kier alpha value is -2.61. The molecule has 1 unspecified atom stereocenters. The Kier molecular flexibility index (Phi) is 9.85. The third-order valence-corrected chi connectivity index (χ3v) is 8.80. The topological polar surface area (TPSA) is 87.3 Å². The molecule has 1 aliphatic rings. The van der Waals surface area contributed by atoms with Gasteiger partial charge in [-0.3, -0.25) is 14.4 Å². The van der Waals surface area contributed by atoms with Gasteiger partial charge in [0.15, 0.2) is 5.82 Å². The fraction of sp³-hybridized carbons (Fsp3) is 0.192. The van der Waals surface area contributed by atoms with Gasteiger partial charge in [-0.1, -0.05) is 46.4 Å². The fourth-order valence-corrected chi connectivity index (χ4v) is 5.71. The van der Waals surface area contributed by atoms with E-state index in [2.05, 4.69) is 5.32 Å². The minimum absolute atomic E-state index is 0.0253. The van der Waals surface area contributed by atoms with Gasteiger partial charge in [-0.15, -0.1) is 23.2 Å². The van der Waals surface area contributed by atoms with Gasteiger partial charge >= 0.3 is 18.3 Å². The van der Waals surface area contributed by atoms with Gasteiger partial charge in [-0.05, 0) is 48.0 Å². The van der Waals surface area contributed by atoms with E-state index in [4.69, 9.17) is 69.6 Å². The van der Waals surface area contributed by atoms with Crippen molar-refractivity contribution in [2.45, 2.75) is 22.6 Å². The molecule has 6 nitrogen and oxygen atoms in total. The van der Waals surface area contributed by atoms with Gasteiger partial charge < -0.3 is 16.0 Å². The molecule has 0 aromatic heterocycles. The first-order valence-electron chi connectivity index (χ1n) is 11.8. The van der Waals surface area contributed by atoms with Gasteiger partial charge in [0.2, 0.25) is 5.91 Å². The van der Waals surface area contributed by atoms with Crippen molar-refractivity contribution in [1.82, 2.24) is 0 Å². The third-order valence-electron chi connectivity index (χ3n) is 6.33. The molecule has 2 atom stereocenters. The molecule has 0 radical (unpaired) electrons. The standard InChI is InChI=1S/C26H13Cl6F6N3O3/c27-11-2-1-9(39-22(43)17-16(25(17,31)32)8-5-12(28)18(30)13(29)6-8)7-10(11)21(42)41-20-14(33)3-4-15(19(20)34)40-24(44)26(37,38)23(35)36/h1-7,16-17,23H,(H,39,43)(H,40,44)(H,41,42)/t16-,17?/m0/s1. The quantitative estimate of drug-likeness (QED) is 0.122. The van der Waals surface area contributed by atoms with Gasteiger partial charge in [-0.2, -0.15) is 8.78 Å². The lowest BCUT2D eigenvalue weighted by Gasteiger charge is -2.17. The number of rotatable bonds is 8. The number of alkyl halides is 6. The molecule has 0 saturated heterocycles. The number of hydrogen-bond acceptors (Lipinski definition) is 3. The number of hydrogen-bond donors (Lipinski definition) is 3. The molecule has 18 heteroatoms. The van der Waals surface area contributed by atoms with Crippen LogP contribution in [-0.4, -0.2) is 34.4 Å². The van der Waals surface area contributed by atoms with E-state index in [0.29, 0.717) is 17.7 Å². The summed E-state index contributed by atoms with van der Waals surface area (Å²) in [5, 5.41) is 5.59. The van der Waals surface area contributed by atoms with Crippen LogP contribution < -0.4 is 16.0 Å². The van der Waals surface area contributed by atoms with E-state index in [9.17, 15) is 40.7 Å². The molecule has 0 aliphatic heterocycles. The summed E-state index contributed by atoms with van der Waals surface area (Å²) >= 11 is 36.9. The molecule has 3 aromatic rings. The van der Waals surface area contributed by atoms with Crippen LogP contribution in [0.15, 0.2) is 42.5 Å². The first-order valence-corrected chi connectivity index (χ1v) is 14.0. The molecule has 234 valence electrons. The fourth-order valence-electron chi connectivity index (χ4n) is 4.07. The van der Waals surface area contributed by atoms with E-state index in [1.165, 1.54) is 29.6 Å². The third kappa shape index (κ3) is 6.66. The second-order valence-electron chi connectivity index (χ2n) is 9.23. The van der Waals surface area contributed by atoms with E-state index >= 15 is 0 Å². The van der Waals surface area contributed by atoms with E-state index in [0.717, 1.165) is 6.07 Å². The number of nitrogens with one attached hydrogen (secondary N) is 3. The lowest BCUT2D eigenvalue weighted by molar-refractivity contribution is -0.163. The molecule has 1 fully saturated rings. The number of benzene rings is 3. The molecule has 44 heavy (non-hydrogen) atoms. The maximum absolute atomic E-state index is 14.9.